The quantitative estimate of drug-likeness (QED) is 0.518. The Labute approximate surface area is 179 Å². The third kappa shape index (κ3) is 6.37. The van der Waals surface area contributed by atoms with Gasteiger partial charge in [0.2, 0.25) is 0 Å². The molecule has 5 nitrogen and oxygen atoms in total. The number of nitrogens with one attached hydrogen (secondary N) is 2. The first-order chi connectivity index (χ1) is 14.9. The molecule has 0 atom stereocenters. The van der Waals surface area contributed by atoms with Gasteiger partial charge in [0.15, 0.2) is 0 Å². The van der Waals surface area contributed by atoms with E-state index in [0.717, 1.165) is 11.6 Å². The molecule has 0 spiro atoms. The fourth-order valence-electron chi connectivity index (χ4n) is 2.97. The molecule has 0 heterocycles. The van der Waals surface area contributed by atoms with E-state index in [1.807, 2.05) is 19.1 Å². The Bertz CT molecular complexity index is 1040. The Morgan fingerprint density at radius 3 is 2.29 bits per heavy atom. The van der Waals surface area contributed by atoms with Crippen LogP contribution in [0.4, 0.5) is 25.0 Å². The van der Waals surface area contributed by atoms with Gasteiger partial charge in [-0.05, 0) is 67.9 Å². The molecule has 0 aliphatic rings. The molecule has 0 saturated heterocycles. The molecule has 3 amide bonds. The van der Waals surface area contributed by atoms with Gasteiger partial charge in [-0.2, -0.15) is 0 Å². The number of rotatable bonds is 7. The second-order valence-corrected chi connectivity index (χ2v) is 7.04. The van der Waals surface area contributed by atoms with E-state index < -0.39 is 17.5 Å². The number of nitrogens with zero attached hydrogens (tertiary/aromatic N) is 1. The van der Waals surface area contributed by atoms with Gasteiger partial charge >= 0.3 is 6.03 Å². The van der Waals surface area contributed by atoms with Gasteiger partial charge in [0.25, 0.3) is 5.91 Å². The first-order valence-corrected chi connectivity index (χ1v) is 9.87. The van der Waals surface area contributed by atoms with Crippen LogP contribution in [0.25, 0.3) is 0 Å². The molecule has 0 radical (unpaired) electrons. The Morgan fingerprint density at radius 1 is 0.903 bits per heavy atom. The minimum Gasteiger partial charge on any atom is -0.352 e. The van der Waals surface area contributed by atoms with Crippen LogP contribution in [0, 0.1) is 18.6 Å². The molecule has 0 saturated carbocycles. The highest BCUT2D eigenvalue weighted by atomic mass is 19.1. The number of anilines is 2. The van der Waals surface area contributed by atoms with Crippen molar-refractivity contribution < 1.29 is 18.4 Å². The third-order valence-corrected chi connectivity index (χ3v) is 4.62. The van der Waals surface area contributed by atoms with Crippen LogP contribution in [0.15, 0.2) is 72.8 Å². The molecule has 0 fully saturated rings. The van der Waals surface area contributed by atoms with E-state index in [2.05, 4.69) is 10.6 Å². The van der Waals surface area contributed by atoms with Crippen molar-refractivity contribution in [3.8, 4) is 0 Å². The first kappa shape index (κ1) is 22.0. The van der Waals surface area contributed by atoms with Crippen LogP contribution in [0.5, 0.6) is 0 Å². The molecule has 0 bridgehead atoms. The minimum atomic E-state index is -0.483. The van der Waals surface area contributed by atoms with Crippen molar-refractivity contribution in [2.45, 2.75) is 13.3 Å². The number of benzene rings is 3. The van der Waals surface area contributed by atoms with Crippen LogP contribution in [0.3, 0.4) is 0 Å². The fourth-order valence-corrected chi connectivity index (χ4v) is 2.97. The molecular weight excluding hydrogens is 400 g/mol. The van der Waals surface area contributed by atoms with Crippen molar-refractivity contribution in [3.63, 3.8) is 0 Å². The van der Waals surface area contributed by atoms with E-state index in [1.165, 1.54) is 47.4 Å². The highest BCUT2D eigenvalue weighted by molar-refractivity contribution is 6.01. The SMILES string of the molecule is Cc1ccc(NC(=O)N(CCCNC(=O)c2cccc(F)c2)c2ccc(F)cc2)cc1. The summed E-state index contributed by atoms with van der Waals surface area (Å²) in [6.45, 7) is 2.52. The van der Waals surface area contributed by atoms with Crippen molar-refractivity contribution in [2.75, 3.05) is 23.3 Å². The van der Waals surface area contributed by atoms with Crippen LogP contribution in [0.1, 0.15) is 22.3 Å². The first-order valence-electron chi connectivity index (χ1n) is 9.87. The molecular formula is C24H23F2N3O2. The molecule has 2 N–H and O–H groups in total. The van der Waals surface area contributed by atoms with Gasteiger partial charge in [-0.3, -0.25) is 9.69 Å². The normalized spacial score (nSPS) is 10.4. The van der Waals surface area contributed by atoms with Gasteiger partial charge in [0.1, 0.15) is 11.6 Å². The standard InChI is InChI=1S/C24H23F2N3O2/c1-17-6-10-21(11-7-17)28-24(31)29(22-12-8-19(25)9-13-22)15-3-14-27-23(30)18-4-2-5-20(26)16-18/h2,4-13,16H,3,14-15H2,1H3,(H,27,30)(H,28,31). The average Bonchev–Trinajstić information content (AvgIpc) is 2.76. The Kier molecular flexibility index (Phi) is 7.32. The highest BCUT2D eigenvalue weighted by Gasteiger charge is 2.16. The summed E-state index contributed by atoms with van der Waals surface area (Å²) in [5.74, 6) is -1.27. The molecule has 3 aromatic rings. The molecule has 0 unspecified atom stereocenters. The number of hydrogen-bond donors (Lipinski definition) is 2. The van der Waals surface area contributed by atoms with E-state index in [1.54, 1.807) is 12.1 Å². The van der Waals surface area contributed by atoms with Gasteiger partial charge in [-0.1, -0.05) is 23.8 Å². The monoisotopic (exact) mass is 423 g/mol. The lowest BCUT2D eigenvalue weighted by molar-refractivity contribution is 0.0953. The summed E-state index contributed by atoms with van der Waals surface area (Å²) < 4.78 is 26.6. The van der Waals surface area contributed by atoms with Gasteiger partial charge in [-0.25, -0.2) is 13.6 Å². The molecule has 0 aliphatic heterocycles. The number of carbonyl (C=O) groups is 2. The van der Waals surface area contributed by atoms with E-state index in [9.17, 15) is 18.4 Å². The van der Waals surface area contributed by atoms with E-state index >= 15 is 0 Å². The van der Waals surface area contributed by atoms with Crippen molar-refractivity contribution in [1.82, 2.24) is 5.32 Å². The minimum absolute atomic E-state index is 0.229. The number of aryl methyl sites for hydroxylation is 1. The second-order valence-electron chi connectivity index (χ2n) is 7.04. The molecule has 0 aromatic heterocycles. The van der Waals surface area contributed by atoms with E-state index in [0.29, 0.717) is 17.8 Å². The maximum absolute atomic E-state index is 13.3. The zero-order valence-electron chi connectivity index (χ0n) is 17.1. The van der Waals surface area contributed by atoms with Crippen LogP contribution < -0.4 is 15.5 Å². The second kappa shape index (κ2) is 10.3. The zero-order valence-corrected chi connectivity index (χ0v) is 17.1. The molecule has 31 heavy (non-hydrogen) atoms. The summed E-state index contributed by atoms with van der Waals surface area (Å²) in [7, 11) is 0. The maximum atomic E-state index is 13.3. The lowest BCUT2D eigenvalue weighted by Gasteiger charge is -2.23. The Morgan fingerprint density at radius 2 is 1.61 bits per heavy atom. The summed E-state index contributed by atoms with van der Waals surface area (Å²) in [6, 6.07) is 18.1. The lowest BCUT2D eigenvalue weighted by atomic mass is 10.2. The summed E-state index contributed by atoms with van der Waals surface area (Å²) in [4.78, 5) is 26.5. The molecule has 0 aliphatic carbocycles. The lowest BCUT2D eigenvalue weighted by Crippen LogP contribution is -2.37. The van der Waals surface area contributed by atoms with Gasteiger partial charge < -0.3 is 10.6 Å². The van der Waals surface area contributed by atoms with E-state index in [4.69, 9.17) is 0 Å². The van der Waals surface area contributed by atoms with Crippen molar-refractivity contribution in [1.29, 1.82) is 0 Å². The summed E-state index contributed by atoms with van der Waals surface area (Å²) in [6.07, 6.45) is 0.444. The predicted molar refractivity (Wildman–Crippen MR) is 117 cm³/mol. The zero-order chi connectivity index (χ0) is 22.2. The summed E-state index contributed by atoms with van der Waals surface area (Å²) in [5.41, 5.74) is 2.47. The summed E-state index contributed by atoms with van der Waals surface area (Å²) >= 11 is 0. The number of halogens is 2. The maximum Gasteiger partial charge on any atom is 0.326 e. The summed E-state index contributed by atoms with van der Waals surface area (Å²) in [5, 5.41) is 5.54. The number of carbonyl (C=O) groups excluding carboxylic acids is 2. The Hall–Kier alpha value is -3.74. The smallest absolute Gasteiger partial charge is 0.326 e. The Balaban J connectivity index is 1.62. The van der Waals surface area contributed by atoms with Crippen molar-refractivity contribution >= 4 is 23.3 Å². The number of urea groups is 1. The largest absolute Gasteiger partial charge is 0.352 e. The van der Waals surface area contributed by atoms with E-state index in [-0.39, 0.29) is 24.7 Å². The van der Waals surface area contributed by atoms with Crippen LogP contribution in [-0.2, 0) is 0 Å². The van der Waals surface area contributed by atoms with Gasteiger partial charge in [0.05, 0.1) is 0 Å². The van der Waals surface area contributed by atoms with Gasteiger partial charge in [-0.15, -0.1) is 0 Å². The number of amides is 3. The van der Waals surface area contributed by atoms with Crippen molar-refractivity contribution in [3.05, 3.63) is 95.6 Å². The highest BCUT2D eigenvalue weighted by Crippen LogP contribution is 2.18. The van der Waals surface area contributed by atoms with Crippen LogP contribution in [-0.4, -0.2) is 25.0 Å². The topological polar surface area (TPSA) is 61.4 Å². The molecule has 160 valence electrons. The predicted octanol–water partition coefficient (Wildman–Crippen LogP) is 5.13. The van der Waals surface area contributed by atoms with Crippen molar-refractivity contribution in [2.24, 2.45) is 0 Å². The van der Waals surface area contributed by atoms with Crippen LogP contribution >= 0.6 is 0 Å². The molecule has 3 aromatic carbocycles. The number of hydrogen-bond acceptors (Lipinski definition) is 2. The third-order valence-electron chi connectivity index (χ3n) is 4.62. The molecule has 7 heteroatoms. The van der Waals surface area contributed by atoms with Gasteiger partial charge in [0, 0.05) is 30.0 Å². The molecule has 3 rings (SSSR count). The average molecular weight is 423 g/mol. The fraction of sp³-hybridized carbons (Fsp3) is 0.167. The van der Waals surface area contributed by atoms with Crippen LogP contribution in [0.2, 0.25) is 0 Å².